The second-order valence-electron chi connectivity index (χ2n) is 6.39. The number of amides is 2. The van der Waals surface area contributed by atoms with Gasteiger partial charge in [-0.2, -0.15) is 0 Å². The van der Waals surface area contributed by atoms with Crippen molar-refractivity contribution >= 4 is 29.3 Å². The number of rotatable bonds is 8. The van der Waals surface area contributed by atoms with Gasteiger partial charge in [0.2, 0.25) is 11.8 Å². The Morgan fingerprint density at radius 2 is 1.86 bits per heavy atom. The molecule has 3 rings (SSSR count). The predicted octanol–water partition coefficient (Wildman–Crippen LogP) is 3.06. The van der Waals surface area contributed by atoms with Crippen LogP contribution in [0.4, 0.5) is 5.69 Å². The molecule has 28 heavy (non-hydrogen) atoms. The summed E-state index contributed by atoms with van der Waals surface area (Å²) in [6.07, 6.45) is 0.282. The van der Waals surface area contributed by atoms with E-state index < -0.39 is 0 Å². The minimum atomic E-state index is -0.0122. The third kappa shape index (κ3) is 4.98. The zero-order valence-corrected chi connectivity index (χ0v) is 16.9. The molecular weight excluding hydrogens is 376 g/mol. The lowest BCUT2D eigenvalue weighted by Gasteiger charge is -2.29. The first-order valence-corrected chi connectivity index (χ1v) is 10.1. The number of hydrogen-bond donors (Lipinski definition) is 0. The van der Waals surface area contributed by atoms with E-state index in [1.54, 1.807) is 35.7 Å². The first-order chi connectivity index (χ1) is 13.6. The fourth-order valence-electron chi connectivity index (χ4n) is 2.89. The molecule has 2 aromatic carbocycles. The minimum Gasteiger partial charge on any atom is -0.497 e. The van der Waals surface area contributed by atoms with Crippen molar-refractivity contribution in [2.45, 2.75) is 11.3 Å². The summed E-state index contributed by atoms with van der Waals surface area (Å²) in [6, 6.07) is 15.1. The number of carbonyl (C=O) groups is 2. The summed E-state index contributed by atoms with van der Waals surface area (Å²) in [5.41, 5.74) is 0.891. The number of para-hydroxylation sites is 1. The van der Waals surface area contributed by atoms with Crippen LogP contribution in [0.3, 0.4) is 0 Å². The first kappa shape index (κ1) is 20.1. The van der Waals surface area contributed by atoms with Gasteiger partial charge in [0.05, 0.1) is 25.1 Å². The van der Waals surface area contributed by atoms with Gasteiger partial charge in [0, 0.05) is 24.9 Å². The largest absolute Gasteiger partial charge is 0.497 e. The summed E-state index contributed by atoms with van der Waals surface area (Å²) in [6.45, 7) is 1.26. The average Bonchev–Trinajstić information content (AvgIpc) is 2.73. The van der Waals surface area contributed by atoms with E-state index in [4.69, 9.17) is 9.47 Å². The van der Waals surface area contributed by atoms with Crippen molar-refractivity contribution in [3.8, 4) is 11.5 Å². The molecule has 0 unspecified atom stereocenters. The number of nitrogens with zero attached hydrogens (tertiary/aromatic N) is 2. The number of benzene rings is 2. The van der Waals surface area contributed by atoms with E-state index in [1.807, 2.05) is 48.5 Å². The second-order valence-corrected chi connectivity index (χ2v) is 7.41. The summed E-state index contributed by atoms with van der Waals surface area (Å²) in [5.74, 6) is 1.95. The van der Waals surface area contributed by atoms with E-state index in [1.165, 1.54) is 0 Å². The maximum Gasteiger partial charge on any atom is 0.237 e. The van der Waals surface area contributed by atoms with Crippen LogP contribution in [0.2, 0.25) is 0 Å². The van der Waals surface area contributed by atoms with E-state index in [-0.39, 0.29) is 18.2 Å². The van der Waals surface area contributed by atoms with Crippen LogP contribution in [0, 0.1) is 0 Å². The van der Waals surface area contributed by atoms with Gasteiger partial charge in [-0.3, -0.25) is 9.59 Å². The Morgan fingerprint density at radius 1 is 1.14 bits per heavy atom. The standard InChI is InChI=1S/C21H24N2O4S/c1-22(13-14-27-17-9-7-16(26-2)8-10-17)20(24)11-12-23-18-5-3-4-6-19(18)28-15-21(23)25/h3-10H,11-15H2,1-2H3. The summed E-state index contributed by atoms with van der Waals surface area (Å²) in [7, 11) is 3.37. The fourth-order valence-corrected chi connectivity index (χ4v) is 3.83. The normalized spacial score (nSPS) is 13.1. The molecule has 6 nitrogen and oxygen atoms in total. The molecule has 0 fully saturated rings. The summed E-state index contributed by atoms with van der Waals surface area (Å²) < 4.78 is 10.8. The van der Waals surface area contributed by atoms with Gasteiger partial charge in [0.1, 0.15) is 18.1 Å². The minimum absolute atomic E-state index is 0.0122. The fraction of sp³-hybridized carbons (Fsp3) is 0.333. The smallest absolute Gasteiger partial charge is 0.237 e. The van der Waals surface area contributed by atoms with Gasteiger partial charge in [0.15, 0.2) is 0 Å². The average molecular weight is 401 g/mol. The number of carbonyl (C=O) groups excluding carboxylic acids is 2. The van der Waals surface area contributed by atoms with Gasteiger partial charge in [0.25, 0.3) is 0 Å². The molecule has 0 aliphatic carbocycles. The zero-order valence-electron chi connectivity index (χ0n) is 16.1. The van der Waals surface area contributed by atoms with Crippen molar-refractivity contribution in [3.63, 3.8) is 0 Å². The van der Waals surface area contributed by atoms with Gasteiger partial charge in [-0.1, -0.05) is 12.1 Å². The van der Waals surface area contributed by atoms with E-state index in [2.05, 4.69) is 0 Å². The maximum absolute atomic E-state index is 12.4. The summed E-state index contributed by atoms with van der Waals surface area (Å²) in [5, 5.41) is 0. The highest BCUT2D eigenvalue weighted by molar-refractivity contribution is 8.00. The lowest BCUT2D eigenvalue weighted by Crippen LogP contribution is -2.39. The van der Waals surface area contributed by atoms with Gasteiger partial charge >= 0.3 is 0 Å². The third-order valence-corrected chi connectivity index (χ3v) is 5.59. The van der Waals surface area contributed by atoms with Crippen LogP contribution in [0.5, 0.6) is 11.5 Å². The molecule has 0 atom stereocenters. The summed E-state index contributed by atoms with van der Waals surface area (Å²) in [4.78, 5) is 29.1. The Morgan fingerprint density at radius 3 is 2.61 bits per heavy atom. The number of fused-ring (bicyclic) bond motifs is 1. The van der Waals surface area contributed by atoms with Crippen molar-refractivity contribution in [1.82, 2.24) is 4.90 Å². The zero-order chi connectivity index (χ0) is 19.9. The monoisotopic (exact) mass is 400 g/mol. The van der Waals surface area contributed by atoms with Gasteiger partial charge in [-0.05, 0) is 36.4 Å². The van der Waals surface area contributed by atoms with Gasteiger partial charge in [-0.15, -0.1) is 11.8 Å². The van der Waals surface area contributed by atoms with E-state index >= 15 is 0 Å². The van der Waals surface area contributed by atoms with E-state index in [0.29, 0.717) is 25.4 Å². The quantitative estimate of drug-likeness (QED) is 0.682. The highest BCUT2D eigenvalue weighted by Crippen LogP contribution is 2.34. The highest BCUT2D eigenvalue weighted by atomic mass is 32.2. The van der Waals surface area contributed by atoms with Crippen LogP contribution < -0.4 is 14.4 Å². The van der Waals surface area contributed by atoms with Crippen LogP contribution in [0.1, 0.15) is 6.42 Å². The second kappa shape index (κ2) is 9.50. The Balaban J connectivity index is 1.46. The van der Waals surface area contributed by atoms with Crippen molar-refractivity contribution < 1.29 is 19.1 Å². The van der Waals surface area contributed by atoms with Crippen LogP contribution in [-0.4, -0.2) is 56.3 Å². The molecular formula is C21H24N2O4S. The highest BCUT2D eigenvalue weighted by Gasteiger charge is 2.25. The molecule has 0 saturated carbocycles. The SMILES string of the molecule is COc1ccc(OCCN(C)C(=O)CCN2C(=O)CSc3ccccc32)cc1. The molecule has 0 bridgehead atoms. The number of ether oxygens (including phenoxy) is 2. The van der Waals surface area contributed by atoms with E-state index in [0.717, 1.165) is 22.1 Å². The molecule has 2 amide bonds. The Bertz CT molecular complexity index is 825. The van der Waals surface area contributed by atoms with Crippen LogP contribution in [0.25, 0.3) is 0 Å². The van der Waals surface area contributed by atoms with Crippen LogP contribution in [0.15, 0.2) is 53.4 Å². The van der Waals surface area contributed by atoms with Gasteiger partial charge < -0.3 is 19.3 Å². The summed E-state index contributed by atoms with van der Waals surface area (Å²) >= 11 is 1.54. The Kier molecular flexibility index (Phi) is 6.81. The molecule has 0 aromatic heterocycles. The van der Waals surface area contributed by atoms with Crippen LogP contribution in [-0.2, 0) is 9.59 Å². The number of thioether (sulfide) groups is 1. The molecule has 1 aliphatic rings. The topological polar surface area (TPSA) is 59.1 Å². The number of likely N-dealkylation sites (N-methyl/N-ethyl adjacent to an activating group) is 1. The molecule has 1 aliphatic heterocycles. The van der Waals surface area contributed by atoms with Gasteiger partial charge in [-0.25, -0.2) is 0 Å². The maximum atomic E-state index is 12.4. The number of anilines is 1. The number of methoxy groups -OCH3 is 1. The Hall–Kier alpha value is -2.67. The molecule has 0 saturated heterocycles. The molecule has 0 spiro atoms. The third-order valence-electron chi connectivity index (χ3n) is 4.54. The van der Waals surface area contributed by atoms with Crippen molar-refractivity contribution in [2.24, 2.45) is 0 Å². The van der Waals surface area contributed by atoms with E-state index in [9.17, 15) is 9.59 Å². The molecule has 0 N–H and O–H groups in total. The lowest BCUT2D eigenvalue weighted by molar-refractivity contribution is -0.130. The molecule has 0 radical (unpaired) electrons. The molecule has 148 valence electrons. The van der Waals surface area contributed by atoms with Crippen molar-refractivity contribution in [2.75, 3.05) is 44.5 Å². The van der Waals surface area contributed by atoms with Crippen LogP contribution >= 0.6 is 11.8 Å². The Labute approximate surface area is 169 Å². The lowest BCUT2D eigenvalue weighted by atomic mass is 10.2. The predicted molar refractivity (Wildman–Crippen MR) is 110 cm³/mol. The first-order valence-electron chi connectivity index (χ1n) is 9.11. The van der Waals surface area contributed by atoms with Crippen molar-refractivity contribution in [1.29, 1.82) is 0 Å². The number of hydrogen-bond acceptors (Lipinski definition) is 5. The molecule has 7 heteroatoms. The molecule has 2 aromatic rings. The molecule has 1 heterocycles. The van der Waals surface area contributed by atoms with Crippen molar-refractivity contribution in [3.05, 3.63) is 48.5 Å².